The molecule has 0 N–H and O–H groups in total. The Morgan fingerprint density at radius 1 is 1.18 bits per heavy atom. The van der Waals surface area contributed by atoms with E-state index in [4.69, 9.17) is 13.8 Å². The fourth-order valence-corrected chi connectivity index (χ4v) is 3.11. The molecule has 0 saturated carbocycles. The van der Waals surface area contributed by atoms with Crippen LogP contribution in [0.15, 0.2) is 6.20 Å². The van der Waals surface area contributed by atoms with Crippen LogP contribution in [0.3, 0.4) is 0 Å². The molecule has 0 saturated heterocycles. The molecule has 1 aromatic heterocycles. The van der Waals surface area contributed by atoms with Crippen LogP contribution in [0.4, 0.5) is 0 Å². The minimum Gasteiger partial charge on any atom is -0.495 e. The second kappa shape index (κ2) is 9.95. The van der Waals surface area contributed by atoms with Gasteiger partial charge in [0.15, 0.2) is 0 Å². The van der Waals surface area contributed by atoms with Crippen molar-refractivity contribution in [3.05, 3.63) is 23.0 Å². The molecule has 0 aliphatic carbocycles. The molecule has 130 valence electrons. The average Bonchev–Trinajstić information content (AvgIpc) is 2.42. The summed E-state index contributed by atoms with van der Waals surface area (Å²) in [5.74, 6) is 0.789. The van der Waals surface area contributed by atoms with Gasteiger partial charge >= 0.3 is 7.60 Å². The topological polar surface area (TPSA) is 60.9 Å². The molecule has 1 heterocycles. The number of aromatic nitrogens is 1. The second-order valence-corrected chi connectivity index (χ2v) is 6.89. The summed E-state index contributed by atoms with van der Waals surface area (Å²) in [5, 5.41) is 0. The maximum absolute atomic E-state index is 12.1. The van der Waals surface area contributed by atoms with Crippen LogP contribution in [-0.2, 0) is 20.2 Å². The van der Waals surface area contributed by atoms with Gasteiger partial charge in [-0.15, -0.1) is 0 Å². The lowest BCUT2D eigenvalue weighted by molar-refractivity contribution is 0.247. The summed E-state index contributed by atoms with van der Waals surface area (Å²) >= 11 is 0. The van der Waals surface area contributed by atoms with E-state index in [1.165, 1.54) is 14.2 Å². The van der Waals surface area contributed by atoms with E-state index in [0.717, 1.165) is 22.6 Å². The molecule has 0 aliphatic heterocycles. The SMILES string of the molecule is C.C.COc1c(C)ncc(CN(C)CP(=O)(OC)OC)c1C. The normalized spacial score (nSPS) is 10.9. The molecule has 7 heteroatoms. The Kier molecular flexibility index (Phi) is 10.6. The lowest BCUT2D eigenvalue weighted by atomic mass is 10.1. The summed E-state index contributed by atoms with van der Waals surface area (Å²) in [7, 11) is 3.23. The van der Waals surface area contributed by atoms with Crippen molar-refractivity contribution in [2.45, 2.75) is 35.2 Å². The summed E-state index contributed by atoms with van der Waals surface area (Å²) in [4.78, 5) is 6.20. The number of nitrogens with zero attached hydrogens (tertiary/aromatic N) is 2. The van der Waals surface area contributed by atoms with Gasteiger partial charge in [0, 0.05) is 27.0 Å². The number of aryl methyl sites for hydroxylation is 1. The predicted molar refractivity (Wildman–Crippen MR) is 91.7 cm³/mol. The highest BCUT2D eigenvalue weighted by molar-refractivity contribution is 7.53. The standard InChI is InChI=1S/C13H23N2O4P.2CH4/c1-10-12(7-14-11(2)13(10)17-4)8-15(3)9-20(16,18-5)19-6;;/h7H,8-9H2,1-6H3;2*1H4. The Balaban J connectivity index is 0. The number of hydrogen-bond acceptors (Lipinski definition) is 6. The first-order valence-electron chi connectivity index (χ1n) is 6.25. The Labute approximate surface area is 135 Å². The lowest BCUT2D eigenvalue weighted by Gasteiger charge is -2.22. The summed E-state index contributed by atoms with van der Waals surface area (Å²) in [6, 6.07) is 0. The highest BCUT2D eigenvalue weighted by atomic mass is 31.2. The molecule has 22 heavy (non-hydrogen) atoms. The molecule has 0 fully saturated rings. The van der Waals surface area contributed by atoms with Crippen LogP contribution in [0, 0.1) is 13.8 Å². The molecule has 0 aromatic carbocycles. The third kappa shape index (κ3) is 5.69. The number of ether oxygens (including phenoxy) is 1. The fraction of sp³-hybridized carbons (Fsp3) is 0.667. The number of pyridine rings is 1. The molecule has 0 amide bonds. The van der Waals surface area contributed by atoms with Crippen LogP contribution < -0.4 is 4.74 Å². The van der Waals surface area contributed by atoms with E-state index in [0.29, 0.717) is 6.54 Å². The molecular formula is C15H31N2O4P. The molecule has 1 rings (SSSR count). The maximum Gasteiger partial charge on any atom is 0.344 e. The highest BCUT2D eigenvalue weighted by Gasteiger charge is 2.24. The van der Waals surface area contributed by atoms with Gasteiger partial charge in [0.1, 0.15) is 12.0 Å². The van der Waals surface area contributed by atoms with Crippen LogP contribution in [-0.4, -0.2) is 44.5 Å². The van der Waals surface area contributed by atoms with Gasteiger partial charge in [-0.2, -0.15) is 0 Å². The van der Waals surface area contributed by atoms with Crippen LogP contribution >= 0.6 is 7.60 Å². The van der Waals surface area contributed by atoms with Gasteiger partial charge in [-0.05, 0) is 32.0 Å². The Bertz CT molecular complexity index is 501. The van der Waals surface area contributed by atoms with E-state index in [1.807, 2.05) is 32.0 Å². The van der Waals surface area contributed by atoms with Gasteiger partial charge in [0.2, 0.25) is 0 Å². The monoisotopic (exact) mass is 334 g/mol. The first-order valence-corrected chi connectivity index (χ1v) is 7.97. The summed E-state index contributed by atoms with van der Waals surface area (Å²) in [6.45, 7) is 4.48. The minimum atomic E-state index is -3.04. The fourth-order valence-electron chi connectivity index (χ4n) is 2.03. The zero-order valence-electron chi connectivity index (χ0n) is 13.0. The predicted octanol–water partition coefficient (Wildman–Crippen LogP) is 3.85. The maximum atomic E-state index is 12.1. The van der Waals surface area contributed by atoms with Gasteiger partial charge < -0.3 is 13.8 Å². The van der Waals surface area contributed by atoms with Crippen molar-refractivity contribution in [1.82, 2.24) is 9.88 Å². The quantitative estimate of drug-likeness (QED) is 0.706. The van der Waals surface area contributed by atoms with E-state index in [9.17, 15) is 4.57 Å². The van der Waals surface area contributed by atoms with E-state index >= 15 is 0 Å². The van der Waals surface area contributed by atoms with E-state index in [2.05, 4.69) is 4.98 Å². The number of methoxy groups -OCH3 is 1. The van der Waals surface area contributed by atoms with Crippen molar-refractivity contribution in [2.24, 2.45) is 0 Å². The van der Waals surface area contributed by atoms with E-state index in [-0.39, 0.29) is 21.1 Å². The smallest absolute Gasteiger partial charge is 0.344 e. The molecule has 0 unspecified atom stereocenters. The summed E-state index contributed by atoms with van der Waals surface area (Å²) < 4.78 is 27.3. The van der Waals surface area contributed by atoms with Gasteiger partial charge in [0.25, 0.3) is 0 Å². The van der Waals surface area contributed by atoms with Gasteiger partial charge in [-0.25, -0.2) is 0 Å². The van der Waals surface area contributed by atoms with Gasteiger partial charge in [-0.1, -0.05) is 14.9 Å². The van der Waals surface area contributed by atoms with Gasteiger partial charge in [0.05, 0.1) is 12.8 Å². The molecule has 0 radical (unpaired) electrons. The van der Waals surface area contributed by atoms with Crippen LogP contribution in [0.1, 0.15) is 31.7 Å². The lowest BCUT2D eigenvalue weighted by Crippen LogP contribution is -2.21. The van der Waals surface area contributed by atoms with E-state index in [1.54, 1.807) is 7.11 Å². The first-order chi connectivity index (χ1) is 9.36. The minimum absolute atomic E-state index is 0. The van der Waals surface area contributed by atoms with Crippen molar-refractivity contribution >= 4 is 7.60 Å². The first kappa shape index (κ1) is 23.3. The van der Waals surface area contributed by atoms with Crippen molar-refractivity contribution in [1.29, 1.82) is 0 Å². The van der Waals surface area contributed by atoms with Crippen LogP contribution in [0.25, 0.3) is 0 Å². The summed E-state index contributed by atoms with van der Waals surface area (Å²) in [6.07, 6.45) is 2.03. The Morgan fingerprint density at radius 2 is 1.73 bits per heavy atom. The third-order valence-corrected chi connectivity index (χ3v) is 5.12. The molecule has 0 aliphatic rings. The zero-order valence-corrected chi connectivity index (χ0v) is 13.9. The zero-order chi connectivity index (χ0) is 15.3. The van der Waals surface area contributed by atoms with Gasteiger partial charge in [-0.3, -0.25) is 14.4 Å². The van der Waals surface area contributed by atoms with E-state index < -0.39 is 7.60 Å². The molecule has 0 atom stereocenters. The summed E-state index contributed by atoms with van der Waals surface area (Å²) in [5.41, 5.74) is 2.92. The van der Waals surface area contributed by atoms with Crippen LogP contribution in [0.5, 0.6) is 5.75 Å². The average molecular weight is 334 g/mol. The largest absolute Gasteiger partial charge is 0.495 e. The molecule has 0 bridgehead atoms. The highest BCUT2D eigenvalue weighted by Crippen LogP contribution is 2.46. The van der Waals surface area contributed by atoms with Crippen molar-refractivity contribution in [3.63, 3.8) is 0 Å². The molecule has 0 spiro atoms. The Hall–Kier alpha value is -0.940. The van der Waals surface area contributed by atoms with Crippen molar-refractivity contribution in [3.8, 4) is 5.75 Å². The molecular weight excluding hydrogens is 303 g/mol. The van der Waals surface area contributed by atoms with Crippen molar-refractivity contribution in [2.75, 3.05) is 34.7 Å². The third-order valence-electron chi connectivity index (χ3n) is 3.18. The second-order valence-electron chi connectivity index (χ2n) is 4.66. The molecule has 6 nitrogen and oxygen atoms in total. The molecule has 1 aromatic rings. The number of rotatable bonds is 7. The Morgan fingerprint density at radius 3 is 2.18 bits per heavy atom. The van der Waals surface area contributed by atoms with Crippen molar-refractivity contribution < 1.29 is 18.3 Å². The van der Waals surface area contributed by atoms with Crippen LogP contribution in [0.2, 0.25) is 0 Å². The number of hydrogen-bond donors (Lipinski definition) is 0.